The Morgan fingerprint density at radius 2 is 1.50 bits per heavy atom. The van der Waals surface area contributed by atoms with Crippen molar-refractivity contribution in [2.75, 3.05) is 18.1 Å². The number of phenolic OH excluding ortho intramolecular Hbond substituents is 3. The van der Waals surface area contributed by atoms with E-state index in [-0.39, 0.29) is 29.7 Å². The van der Waals surface area contributed by atoms with E-state index in [1.54, 1.807) is 0 Å². The molecule has 2 fully saturated rings. The van der Waals surface area contributed by atoms with Crippen LogP contribution >= 0.6 is 0 Å². The maximum absolute atomic E-state index is 12.6. The van der Waals surface area contributed by atoms with Gasteiger partial charge in [-0.2, -0.15) is 0 Å². The first kappa shape index (κ1) is 45.4. The Morgan fingerprint density at radius 3 is 2.16 bits per heavy atom. The van der Waals surface area contributed by atoms with Gasteiger partial charge in [0.1, 0.15) is 61.1 Å². The molecule has 0 bridgehead atoms. The lowest BCUT2D eigenvalue weighted by Crippen LogP contribution is -2.65. The van der Waals surface area contributed by atoms with Crippen molar-refractivity contribution in [1.82, 2.24) is 0 Å². The number of carbonyl (C=O) groups excluding carboxylic acids is 1. The predicted molar refractivity (Wildman–Crippen MR) is 204 cm³/mol. The third kappa shape index (κ3) is 9.81. The average molecular weight is 875 g/mol. The summed E-state index contributed by atoms with van der Waals surface area (Å²) in [5, 5.41) is 123. The van der Waals surface area contributed by atoms with Crippen molar-refractivity contribution in [2.45, 2.75) is 86.3 Å². The molecule has 4 aliphatic rings. The molecule has 62 heavy (non-hydrogen) atoms. The standard InChI is InChI=1S/C39H42N2O21/c42-13-26-29(47)31(49)33(51)38(60-26)62-34-32(50)30(48)27(14-58-28(46)4-2-15-1-3-22(43)23(44)9-15)61-39(34)59-25-12-20-17(11-24(25)45)10-21(37(56)57)41(20)6-5-16-7-18(35(52)53)40-19(8-16)36(54)55/h1-7,9,11-12,19,21,26-27,29-34,38-39,42-45,47-51H,8,10,13-14H2,(H,52,53)(H,54,55)(H,56,57)/b4-2+,6-5+/t19-,21-,26+,27+,29+,30+,31-,32-,33+,34+,38-,39+/m0/s1. The number of aliphatic carboxylic acids is 3. The summed E-state index contributed by atoms with van der Waals surface area (Å²) in [5.41, 5.74) is 0.314. The fourth-order valence-electron chi connectivity index (χ4n) is 6.99. The molecule has 12 N–H and O–H groups in total. The number of ether oxygens (including phenoxy) is 5. The first-order chi connectivity index (χ1) is 29.4. The molecule has 0 saturated carbocycles. The highest BCUT2D eigenvalue weighted by molar-refractivity contribution is 6.41. The molecular formula is C39H42N2O21. The number of anilines is 1. The van der Waals surface area contributed by atoms with Crippen molar-refractivity contribution >= 4 is 41.4 Å². The minimum atomic E-state index is -2.05. The van der Waals surface area contributed by atoms with Crippen molar-refractivity contribution in [3.63, 3.8) is 0 Å². The van der Waals surface area contributed by atoms with E-state index in [0.717, 1.165) is 24.3 Å². The summed E-state index contributed by atoms with van der Waals surface area (Å²) in [7, 11) is 0. The summed E-state index contributed by atoms with van der Waals surface area (Å²) >= 11 is 0. The number of dihydropyridines is 1. The van der Waals surface area contributed by atoms with Gasteiger partial charge in [-0.15, -0.1) is 0 Å². The van der Waals surface area contributed by atoms with Crippen LogP contribution in [-0.2, 0) is 44.5 Å². The first-order valence-corrected chi connectivity index (χ1v) is 18.7. The quantitative estimate of drug-likeness (QED) is 0.0540. The lowest BCUT2D eigenvalue weighted by molar-refractivity contribution is -0.358. The van der Waals surface area contributed by atoms with Crippen LogP contribution in [0.4, 0.5) is 5.69 Å². The monoisotopic (exact) mass is 874 g/mol. The Bertz CT molecular complexity index is 2170. The molecule has 12 atom stereocenters. The number of nitrogens with zero attached hydrogens (tertiary/aromatic N) is 2. The number of esters is 1. The van der Waals surface area contributed by atoms with E-state index in [1.165, 1.54) is 41.5 Å². The summed E-state index contributed by atoms with van der Waals surface area (Å²) in [5.74, 6) is -7.12. The van der Waals surface area contributed by atoms with Gasteiger partial charge in [-0.1, -0.05) is 6.07 Å². The first-order valence-electron chi connectivity index (χ1n) is 18.7. The highest BCUT2D eigenvalue weighted by Crippen LogP contribution is 2.42. The number of carbonyl (C=O) groups is 4. The van der Waals surface area contributed by atoms with Gasteiger partial charge in [0.25, 0.3) is 0 Å². The lowest BCUT2D eigenvalue weighted by atomic mass is 9.97. The molecule has 0 aliphatic carbocycles. The molecule has 23 heteroatoms. The van der Waals surface area contributed by atoms with E-state index in [0.29, 0.717) is 5.56 Å². The second kappa shape index (κ2) is 18.9. The van der Waals surface area contributed by atoms with E-state index in [9.17, 15) is 80.5 Å². The average Bonchev–Trinajstić information content (AvgIpc) is 3.59. The zero-order valence-electron chi connectivity index (χ0n) is 32.0. The lowest BCUT2D eigenvalue weighted by Gasteiger charge is -2.45. The van der Waals surface area contributed by atoms with E-state index in [2.05, 4.69) is 4.99 Å². The van der Waals surface area contributed by atoms with Crippen LogP contribution in [0.15, 0.2) is 65.3 Å². The predicted octanol–water partition coefficient (Wildman–Crippen LogP) is -2.29. The van der Waals surface area contributed by atoms with Crippen molar-refractivity contribution in [3.8, 4) is 23.0 Å². The van der Waals surface area contributed by atoms with Crippen molar-refractivity contribution < 1.29 is 104 Å². The topological polar surface area (TPSA) is 373 Å². The zero-order chi connectivity index (χ0) is 45.2. The molecule has 0 amide bonds. The summed E-state index contributed by atoms with van der Waals surface area (Å²) in [6.45, 7) is -1.61. The number of aliphatic imine (C=N–C) groups is 1. The molecule has 0 radical (unpaired) electrons. The van der Waals surface area contributed by atoms with Crippen LogP contribution in [0.25, 0.3) is 6.08 Å². The second-order valence-electron chi connectivity index (χ2n) is 14.5. The number of rotatable bonds is 14. The number of aliphatic hydroxyl groups is 6. The number of aliphatic hydroxyl groups excluding tert-OH is 6. The summed E-state index contributed by atoms with van der Waals surface area (Å²) in [4.78, 5) is 53.3. The minimum absolute atomic E-state index is 0.113. The van der Waals surface area contributed by atoms with Gasteiger partial charge < -0.3 is 89.9 Å². The summed E-state index contributed by atoms with van der Waals surface area (Å²) in [6, 6.07) is 3.30. The van der Waals surface area contributed by atoms with E-state index in [1.807, 2.05) is 0 Å². The smallest absolute Gasteiger partial charge is 0.354 e. The largest absolute Gasteiger partial charge is 0.504 e. The third-order valence-electron chi connectivity index (χ3n) is 10.3. The van der Waals surface area contributed by atoms with Gasteiger partial charge in [-0.05, 0) is 53.1 Å². The number of phenols is 3. The second-order valence-corrected chi connectivity index (χ2v) is 14.5. The SMILES string of the molecule is O=C(/C=C/c1ccc(O)c(O)c1)OC[C@H]1O[C@@H](Oc2cc3c(cc2O)C[C@@H](C(=O)O)N3/C=C/C2=CC(C(=O)O)=N[C@H](C(=O)O)C2)[C@H](O[C@@H]2O[C@H](CO)[C@@H](O)[C@H](O)[C@H]2O)[C@@H](O)[C@@H]1O. The number of hydrogen-bond acceptors (Lipinski definition) is 20. The molecule has 4 heterocycles. The molecule has 23 nitrogen and oxygen atoms in total. The Balaban J connectivity index is 1.28. The number of aromatic hydroxyl groups is 3. The molecule has 0 aromatic heterocycles. The Morgan fingerprint density at radius 1 is 0.790 bits per heavy atom. The molecule has 2 aromatic rings. The minimum Gasteiger partial charge on any atom is -0.504 e. The van der Waals surface area contributed by atoms with Crippen LogP contribution in [0.3, 0.4) is 0 Å². The normalized spacial score (nSPS) is 31.0. The van der Waals surface area contributed by atoms with Gasteiger partial charge in [-0.25, -0.2) is 19.2 Å². The van der Waals surface area contributed by atoms with Gasteiger partial charge >= 0.3 is 23.9 Å². The fourth-order valence-corrected chi connectivity index (χ4v) is 6.99. The van der Waals surface area contributed by atoms with Crippen LogP contribution in [0.2, 0.25) is 0 Å². The van der Waals surface area contributed by atoms with Crippen LogP contribution in [0, 0.1) is 0 Å². The molecule has 4 aliphatic heterocycles. The van der Waals surface area contributed by atoms with E-state index >= 15 is 0 Å². The number of benzene rings is 2. The fraction of sp³-hybridized carbons (Fsp3) is 0.410. The van der Waals surface area contributed by atoms with Gasteiger partial charge in [0.2, 0.25) is 6.29 Å². The molecule has 2 saturated heterocycles. The number of carboxylic acids is 3. The highest BCUT2D eigenvalue weighted by Gasteiger charge is 2.52. The molecule has 0 spiro atoms. The Labute approximate surface area is 349 Å². The maximum atomic E-state index is 12.6. The molecular weight excluding hydrogens is 832 g/mol. The van der Waals surface area contributed by atoms with Crippen molar-refractivity contribution in [3.05, 3.63) is 71.5 Å². The van der Waals surface area contributed by atoms with Crippen molar-refractivity contribution in [1.29, 1.82) is 0 Å². The van der Waals surface area contributed by atoms with Crippen LogP contribution < -0.4 is 9.64 Å². The van der Waals surface area contributed by atoms with Crippen LogP contribution in [-0.4, -0.2) is 178 Å². The Kier molecular flexibility index (Phi) is 13.8. The van der Waals surface area contributed by atoms with E-state index < -0.39 is 139 Å². The third-order valence-corrected chi connectivity index (χ3v) is 10.3. The van der Waals surface area contributed by atoms with Crippen molar-refractivity contribution in [2.24, 2.45) is 4.99 Å². The van der Waals surface area contributed by atoms with Crippen LogP contribution in [0.1, 0.15) is 17.5 Å². The summed E-state index contributed by atoms with van der Waals surface area (Å²) in [6.07, 6.45) is -13.1. The number of hydrogen-bond donors (Lipinski definition) is 12. The van der Waals surface area contributed by atoms with Gasteiger partial charge in [0.05, 0.1) is 6.61 Å². The van der Waals surface area contributed by atoms with Gasteiger partial charge in [-0.3, -0.25) is 4.99 Å². The molecule has 0 unspecified atom stereocenters. The van der Waals surface area contributed by atoms with Crippen LogP contribution in [0.5, 0.6) is 23.0 Å². The van der Waals surface area contributed by atoms with E-state index in [4.69, 9.17) is 23.7 Å². The van der Waals surface area contributed by atoms with Gasteiger partial charge in [0, 0.05) is 36.9 Å². The number of fused-ring (bicyclic) bond motifs is 1. The van der Waals surface area contributed by atoms with Gasteiger partial charge in [0.15, 0.2) is 41.4 Å². The molecule has 334 valence electrons. The number of carboxylic acid groups (broad SMARTS) is 3. The summed E-state index contributed by atoms with van der Waals surface area (Å²) < 4.78 is 28.2. The highest BCUT2D eigenvalue weighted by atomic mass is 16.8. The zero-order valence-corrected chi connectivity index (χ0v) is 32.0. The molecule has 6 rings (SSSR count). The molecule has 2 aromatic carbocycles. The maximum Gasteiger partial charge on any atom is 0.354 e. The number of allylic oxidation sites excluding steroid dienone is 1. The Hall–Kier alpha value is -6.15.